The van der Waals surface area contributed by atoms with E-state index in [9.17, 15) is 4.39 Å². The number of benzene rings is 1. The van der Waals surface area contributed by atoms with Crippen LogP contribution < -0.4 is 4.90 Å². The Bertz CT molecular complexity index is 329. The van der Waals surface area contributed by atoms with Crippen molar-refractivity contribution >= 4 is 5.69 Å². The van der Waals surface area contributed by atoms with Gasteiger partial charge in [0.05, 0.1) is 6.67 Å². The molecule has 0 saturated carbocycles. The number of aryl methyl sites for hydroxylation is 1. The molecular weight excluding hydrogens is 215 g/mol. The average molecular weight is 236 g/mol. The SMILES string of the molecule is CN1CCN(c2ccc(CCCF)cc2)CC1. The van der Waals surface area contributed by atoms with Crippen LogP contribution in [0.1, 0.15) is 12.0 Å². The number of rotatable bonds is 4. The van der Waals surface area contributed by atoms with Crippen LogP contribution in [-0.2, 0) is 6.42 Å². The van der Waals surface area contributed by atoms with E-state index in [0.29, 0.717) is 6.42 Å². The van der Waals surface area contributed by atoms with Crippen LogP contribution in [0.2, 0.25) is 0 Å². The van der Waals surface area contributed by atoms with Crippen LogP contribution in [0.5, 0.6) is 0 Å². The molecule has 1 aliphatic rings. The Balaban J connectivity index is 1.93. The van der Waals surface area contributed by atoms with E-state index in [0.717, 1.165) is 32.6 Å². The highest BCUT2D eigenvalue weighted by atomic mass is 19.1. The topological polar surface area (TPSA) is 6.48 Å². The Morgan fingerprint density at radius 2 is 1.71 bits per heavy atom. The number of hydrogen-bond acceptors (Lipinski definition) is 2. The lowest BCUT2D eigenvalue weighted by Gasteiger charge is -2.34. The predicted octanol–water partition coefficient (Wildman–Crippen LogP) is 2.34. The Morgan fingerprint density at radius 3 is 2.29 bits per heavy atom. The van der Waals surface area contributed by atoms with Gasteiger partial charge in [0.15, 0.2) is 0 Å². The third-order valence-corrected chi connectivity index (χ3v) is 3.40. The molecule has 2 nitrogen and oxygen atoms in total. The fraction of sp³-hybridized carbons (Fsp3) is 0.571. The van der Waals surface area contributed by atoms with Crippen molar-refractivity contribution in [2.24, 2.45) is 0 Å². The zero-order valence-corrected chi connectivity index (χ0v) is 10.5. The van der Waals surface area contributed by atoms with E-state index in [-0.39, 0.29) is 6.67 Å². The van der Waals surface area contributed by atoms with Crippen molar-refractivity contribution < 1.29 is 4.39 Å². The lowest BCUT2D eigenvalue weighted by atomic mass is 10.1. The molecule has 2 rings (SSSR count). The van der Waals surface area contributed by atoms with Crippen LogP contribution in [0.4, 0.5) is 10.1 Å². The van der Waals surface area contributed by atoms with E-state index in [4.69, 9.17) is 0 Å². The summed E-state index contributed by atoms with van der Waals surface area (Å²) in [5.41, 5.74) is 2.53. The number of hydrogen-bond donors (Lipinski definition) is 0. The van der Waals surface area contributed by atoms with Gasteiger partial charge in [0.1, 0.15) is 0 Å². The highest BCUT2D eigenvalue weighted by Crippen LogP contribution is 2.17. The minimum Gasteiger partial charge on any atom is -0.369 e. The second-order valence-electron chi connectivity index (χ2n) is 4.75. The highest BCUT2D eigenvalue weighted by molar-refractivity contribution is 5.48. The van der Waals surface area contributed by atoms with Gasteiger partial charge in [-0.3, -0.25) is 4.39 Å². The fourth-order valence-electron chi connectivity index (χ4n) is 2.21. The van der Waals surface area contributed by atoms with Crippen LogP contribution in [0, 0.1) is 0 Å². The molecule has 1 aliphatic heterocycles. The van der Waals surface area contributed by atoms with Crippen molar-refractivity contribution in [1.29, 1.82) is 0 Å². The second kappa shape index (κ2) is 6.01. The van der Waals surface area contributed by atoms with Crippen molar-refractivity contribution in [3.05, 3.63) is 29.8 Å². The first-order valence-corrected chi connectivity index (χ1v) is 6.38. The van der Waals surface area contributed by atoms with E-state index in [2.05, 4.69) is 41.1 Å². The number of anilines is 1. The molecule has 0 N–H and O–H groups in total. The van der Waals surface area contributed by atoms with E-state index >= 15 is 0 Å². The molecule has 94 valence electrons. The molecule has 0 aromatic heterocycles. The van der Waals surface area contributed by atoms with E-state index < -0.39 is 0 Å². The third-order valence-electron chi connectivity index (χ3n) is 3.40. The number of likely N-dealkylation sites (N-methyl/N-ethyl adjacent to an activating group) is 1. The van der Waals surface area contributed by atoms with Gasteiger partial charge in [0.2, 0.25) is 0 Å². The molecule has 1 aromatic rings. The molecule has 1 fully saturated rings. The maximum absolute atomic E-state index is 12.1. The third kappa shape index (κ3) is 3.43. The van der Waals surface area contributed by atoms with Gasteiger partial charge in [-0.25, -0.2) is 0 Å². The van der Waals surface area contributed by atoms with Crippen molar-refractivity contribution in [3.63, 3.8) is 0 Å². The minimum absolute atomic E-state index is 0.222. The average Bonchev–Trinajstić information content (AvgIpc) is 2.38. The Hall–Kier alpha value is -1.09. The van der Waals surface area contributed by atoms with E-state index in [1.807, 2.05) is 0 Å². The summed E-state index contributed by atoms with van der Waals surface area (Å²) >= 11 is 0. The molecule has 17 heavy (non-hydrogen) atoms. The maximum atomic E-state index is 12.1. The van der Waals surface area contributed by atoms with E-state index in [1.54, 1.807) is 0 Å². The van der Waals surface area contributed by atoms with Crippen molar-refractivity contribution in [2.45, 2.75) is 12.8 Å². The lowest BCUT2D eigenvalue weighted by molar-refractivity contribution is 0.313. The number of piperazine rings is 1. The molecular formula is C14H21FN2. The van der Waals surface area contributed by atoms with E-state index in [1.165, 1.54) is 11.3 Å². The molecule has 1 saturated heterocycles. The van der Waals surface area contributed by atoms with Gasteiger partial charge in [0.25, 0.3) is 0 Å². The van der Waals surface area contributed by atoms with Crippen molar-refractivity contribution in [3.8, 4) is 0 Å². The Morgan fingerprint density at radius 1 is 1.06 bits per heavy atom. The highest BCUT2D eigenvalue weighted by Gasteiger charge is 2.13. The summed E-state index contributed by atoms with van der Waals surface area (Å²) in [5.74, 6) is 0. The smallest absolute Gasteiger partial charge is 0.0897 e. The van der Waals surface area contributed by atoms with Crippen molar-refractivity contribution in [2.75, 3.05) is 44.8 Å². The molecule has 0 unspecified atom stereocenters. The van der Waals surface area contributed by atoms with Gasteiger partial charge in [-0.15, -0.1) is 0 Å². The first-order valence-electron chi connectivity index (χ1n) is 6.38. The molecule has 0 aliphatic carbocycles. The van der Waals surface area contributed by atoms with Gasteiger partial charge in [-0.1, -0.05) is 12.1 Å². The van der Waals surface area contributed by atoms with Crippen molar-refractivity contribution in [1.82, 2.24) is 4.90 Å². The first kappa shape index (κ1) is 12.4. The summed E-state index contributed by atoms with van der Waals surface area (Å²) in [6, 6.07) is 8.59. The lowest BCUT2D eigenvalue weighted by Crippen LogP contribution is -2.44. The Kier molecular flexibility index (Phi) is 4.37. The maximum Gasteiger partial charge on any atom is 0.0897 e. The van der Waals surface area contributed by atoms with Crippen LogP contribution in [0.15, 0.2) is 24.3 Å². The molecule has 0 atom stereocenters. The van der Waals surface area contributed by atoms with Crippen LogP contribution in [0.25, 0.3) is 0 Å². The zero-order valence-electron chi connectivity index (χ0n) is 10.5. The van der Waals surface area contributed by atoms with Gasteiger partial charge in [0, 0.05) is 31.9 Å². The summed E-state index contributed by atoms with van der Waals surface area (Å²) in [6.07, 6.45) is 1.48. The van der Waals surface area contributed by atoms with Gasteiger partial charge in [-0.2, -0.15) is 0 Å². The first-order chi connectivity index (χ1) is 8.29. The largest absolute Gasteiger partial charge is 0.369 e. The van der Waals surface area contributed by atoms with Gasteiger partial charge < -0.3 is 9.80 Å². The Labute approximate surface area is 103 Å². The number of alkyl halides is 1. The molecule has 1 heterocycles. The fourth-order valence-corrected chi connectivity index (χ4v) is 2.21. The van der Waals surface area contributed by atoms with Crippen LogP contribution >= 0.6 is 0 Å². The summed E-state index contributed by atoms with van der Waals surface area (Å²) in [4.78, 5) is 4.77. The monoisotopic (exact) mass is 236 g/mol. The molecule has 3 heteroatoms. The second-order valence-corrected chi connectivity index (χ2v) is 4.75. The quantitative estimate of drug-likeness (QED) is 0.791. The number of halogens is 1. The summed E-state index contributed by atoms with van der Waals surface area (Å²) < 4.78 is 12.1. The minimum atomic E-state index is -0.222. The summed E-state index contributed by atoms with van der Waals surface area (Å²) in [6.45, 7) is 4.23. The number of nitrogens with zero attached hydrogens (tertiary/aromatic N) is 2. The molecule has 0 amide bonds. The van der Waals surface area contributed by atoms with Crippen LogP contribution in [0.3, 0.4) is 0 Å². The van der Waals surface area contributed by atoms with Gasteiger partial charge >= 0.3 is 0 Å². The molecule has 1 aromatic carbocycles. The van der Waals surface area contributed by atoms with Gasteiger partial charge in [-0.05, 0) is 37.6 Å². The van der Waals surface area contributed by atoms with Crippen LogP contribution in [-0.4, -0.2) is 44.8 Å². The molecule has 0 bridgehead atoms. The zero-order chi connectivity index (χ0) is 12.1. The summed E-state index contributed by atoms with van der Waals surface area (Å²) in [5, 5.41) is 0. The summed E-state index contributed by atoms with van der Waals surface area (Å²) in [7, 11) is 2.16. The normalized spacial score (nSPS) is 17.4. The molecule has 0 radical (unpaired) electrons. The standard InChI is InChI=1S/C14H21FN2/c1-16-9-11-17(12-10-16)14-6-4-13(5-7-14)3-2-8-15/h4-7H,2-3,8-12H2,1H3. The molecule has 0 spiro atoms. The predicted molar refractivity (Wildman–Crippen MR) is 70.4 cm³/mol.